The first-order chi connectivity index (χ1) is 9.83. The topological polar surface area (TPSA) is 58.2 Å². The number of alkyl halides is 3. The summed E-state index contributed by atoms with van der Waals surface area (Å²) in [5.41, 5.74) is -4.24. The number of anilines is 1. The van der Waals surface area contributed by atoms with Gasteiger partial charge in [0.1, 0.15) is 0 Å². The quantitative estimate of drug-likeness (QED) is 0.819. The summed E-state index contributed by atoms with van der Waals surface area (Å²) >= 11 is -0.450. The first-order valence-corrected chi connectivity index (χ1v) is 6.63. The molecule has 2 N–H and O–H groups in total. The summed E-state index contributed by atoms with van der Waals surface area (Å²) in [5, 5.41) is 4.68. The number of benzene rings is 1. The predicted octanol–water partition coefficient (Wildman–Crippen LogP) is 2.24. The molecular formula is C13H11F3N2O2S. The van der Waals surface area contributed by atoms with Gasteiger partial charge < -0.3 is 10.6 Å². The van der Waals surface area contributed by atoms with E-state index in [-0.39, 0.29) is 17.8 Å². The zero-order chi connectivity index (χ0) is 15.9. The lowest BCUT2D eigenvalue weighted by molar-refractivity contribution is -0.114. The van der Waals surface area contributed by atoms with Gasteiger partial charge in [0, 0.05) is 0 Å². The lowest BCUT2D eigenvalue weighted by atomic mass is 10.1. The second-order valence-corrected chi connectivity index (χ2v) is 4.76. The van der Waals surface area contributed by atoms with Gasteiger partial charge in [0.2, 0.25) is 5.91 Å². The number of para-hydroxylation sites is 1. The van der Waals surface area contributed by atoms with Gasteiger partial charge in [-0.3, -0.25) is 9.59 Å². The van der Waals surface area contributed by atoms with Gasteiger partial charge in [-0.2, -0.15) is 13.2 Å². The maximum atomic E-state index is 12.0. The smallest absolute Gasteiger partial charge is 0.341 e. The molecule has 0 unspecified atom stereocenters. The molecule has 0 atom stereocenters. The number of amides is 2. The minimum Gasteiger partial charge on any atom is -0.341 e. The van der Waals surface area contributed by atoms with Crippen LogP contribution in [0.3, 0.4) is 0 Å². The van der Waals surface area contributed by atoms with Crippen molar-refractivity contribution < 1.29 is 22.8 Å². The number of carbonyl (C=O) groups is 2. The molecule has 1 aromatic carbocycles. The second kappa shape index (κ2) is 7.59. The van der Waals surface area contributed by atoms with Crippen LogP contribution in [0.5, 0.6) is 0 Å². The summed E-state index contributed by atoms with van der Waals surface area (Å²) in [6, 6.07) is 5.95. The van der Waals surface area contributed by atoms with Crippen LogP contribution in [0.15, 0.2) is 24.3 Å². The molecule has 21 heavy (non-hydrogen) atoms. The Bertz CT molecular complexity index is 567. The highest BCUT2D eigenvalue weighted by atomic mass is 32.2. The van der Waals surface area contributed by atoms with E-state index < -0.39 is 34.8 Å². The molecule has 0 aliphatic rings. The monoisotopic (exact) mass is 316 g/mol. The largest absolute Gasteiger partial charge is 0.442 e. The number of hydrogen-bond donors (Lipinski definition) is 2. The van der Waals surface area contributed by atoms with Crippen LogP contribution in [0.4, 0.5) is 18.9 Å². The van der Waals surface area contributed by atoms with Gasteiger partial charge in [-0.15, -0.1) is 6.42 Å². The van der Waals surface area contributed by atoms with Gasteiger partial charge >= 0.3 is 5.51 Å². The van der Waals surface area contributed by atoms with E-state index in [1.807, 2.05) is 0 Å². The Balaban J connectivity index is 2.73. The summed E-state index contributed by atoms with van der Waals surface area (Å²) in [7, 11) is 0. The highest BCUT2D eigenvalue weighted by Crippen LogP contribution is 2.30. The molecule has 1 aromatic rings. The van der Waals surface area contributed by atoms with Crippen LogP contribution in [0.25, 0.3) is 0 Å². The number of thioether (sulfide) groups is 1. The van der Waals surface area contributed by atoms with Gasteiger partial charge in [0.15, 0.2) is 0 Å². The van der Waals surface area contributed by atoms with E-state index in [4.69, 9.17) is 6.42 Å². The molecule has 0 bridgehead atoms. The molecule has 112 valence electrons. The van der Waals surface area contributed by atoms with Gasteiger partial charge in [-0.1, -0.05) is 18.1 Å². The van der Waals surface area contributed by atoms with Crippen molar-refractivity contribution in [2.45, 2.75) is 5.51 Å². The van der Waals surface area contributed by atoms with Gasteiger partial charge in [-0.05, 0) is 23.9 Å². The molecule has 0 saturated carbocycles. The van der Waals surface area contributed by atoms with Crippen LogP contribution >= 0.6 is 11.8 Å². The third-order valence-corrected chi connectivity index (χ3v) is 2.90. The van der Waals surface area contributed by atoms with Crippen molar-refractivity contribution in [2.75, 3.05) is 17.6 Å². The Morgan fingerprint density at radius 1 is 1.29 bits per heavy atom. The third-order valence-electron chi connectivity index (χ3n) is 2.16. The van der Waals surface area contributed by atoms with E-state index in [0.29, 0.717) is 0 Å². The van der Waals surface area contributed by atoms with E-state index in [1.165, 1.54) is 12.1 Å². The van der Waals surface area contributed by atoms with Gasteiger partial charge in [0.25, 0.3) is 5.91 Å². The number of nitrogens with one attached hydrogen (secondary N) is 2. The van der Waals surface area contributed by atoms with Crippen molar-refractivity contribution in [1.29, 1.82) is 0 Å². The van der Waals surface area contributed by atoms with Crippen LogP contribution in [-0.4, -0.2) is 29.6 Å². The third kappa shape index (κ3) is 6.23. The van der Waals surface area contributed by atoms with E-state index in [1.54, 1.807) is 12.1 Å². The fourth-order valence-electron chi connectivity index (χ4n) is 1.35. The number of carbonyl (C=O) groups excluding carboxylic acids is 2. The molecule has 0 saturated heterocycles. The molecule has 4 nitrogen and oxygen atoms in total. The maximum Gasteiger partial charge on any atom is 0.442 e. The Labute approximate surface area is 123 Å². The molecule has 0 aliphatic carbocycles. The summed E-state index contributed by atoms with van der Waals surface area (Å²) < 4.78 is 36.0. The number of hydrogen-bond acceptors (Lipinski definition) is 3. The van der Waals surface area contributed by atoms with E-state index in [2.05, 4.69) is 16.6 Å². The Kier molecular flexibility index (Phi) is 6.11. The molecule has 2 amide bonds. The minimum absolute atomic E-state index is 0.00500. The number of rotatable bonds is 5. The molecule has 0 spiro atoms. The van der Waals surface area contributed by atoms with Crippen LogP contribution in [0.1, 0.15) is 10.4 Å². The van der Waals surface area contributed by atoms with Crippen molar-refractivity contribution in [1.82, 2.24) is 5.32 Å². The minimum atomic E-state index is -4.49. The van der Waals surface area contributed by atoms with E-state index in [9.17, 15) is 22.8 Å². The molecule has 0 aromatic heterocycles. The average molecular weight is 316 g/mol. The number of halogens is 3. The molecule has 0 aliphatic heterocycles. The second-order valence-electron chi connectivity index (χ2n) is 3.71. The zero-order valence-corrected chi connectivity index (χ0v) is 11.5. The normalized spacial score (nSPS) is 10.6. The molecule has 8 heteroatoms. The fourth-order valence-corrected chi connectivity index (χ4v) is 1.72. The standard InChI is InChI=1S/C13H11F3N2O2S/c1-2-7-17-12(20)9-5-3-4-6-10(9)18-11(19)8-21-13(14,15)16/h1,3-6H,7-8H2,(H,17,20)(H,18,19). The average Bonchev–Trinajstić information content (AvgIpc) is 2.42. The van der Waals surface area contributed by atoms with Crippen molar-refractivity contribution in [3.05, 3.63) is 29.8 Å². The zero-order valence-electron chi connectivity index (χ0n) is 10.7. The first-order valence-electron chi connectivity index (χ1n) is 5.64. The van der Waals surface area contributed by atoms with Gasteiger partial charge in [-0.25, -0.2) is 0 Å². The Hall–Kier alpha value is -2.14. The van der Waals surface area contributed by atoms with Crippen LogP contribution in [0.2, 0.25) is 0 Å². The fraction of sp³-hybridized carbons (Fsp3) is 0.231. The van der Waals surface area contributed by atoms with Crippen molar-refractivity contribution in [3.63, 3.8) is 0 Å². The summed E-state index contributed by atoms with van der Waals surface area (Å²) in [6.07, 6.45) is 5.01. The predicted molar refractivity (Wildman–Crippen MR) is 74.8 cm³/mol. The molecule has 0 fully saturated rings. The van der Waals surface area contributed by atoms with E-state index in [0.717, 1.165) is 0 Å². The molecule has 0 heterocycles. The Morgan fingerprint density at radius 2 is 1.95 bits per heavy atom. The summed E-state index contributed by atoms with van der Waals surface area (Å²) in [4.78, 5) is 23.2. The van der Waals surface area contributed by atoms with Crippen LogP contribution < -0.4 is 10.6 Å². The lowest BCUT2D eigenvalue weighted by Crippen LogP contribution is -2.26. The lowest BCUT2D eigenvalue weighted by Gasteiger charge is -2.11. The van der Waals surface area contributed by atoms with Crippen molar-refractivity contribution in [3.8, 4) is 12.3 Å². The number of terminal acetylenes is 1. The van der Waals surface area contributed by atoms with Gasteiger partial charge in [0.05, 0.1) is 23.5 Å². The molecule has 1 rings (SSSR count). The maximum absolute atomic E-state index is 12.0. The van der Waals surface area contributed by atoms with Crippen LogP contribution in [0, 0.1) is 12.3 Å². The summed E-state index contributed by atoms with van der Waals surface area (Å²) in [5.74, 6) is 0.0567. The first kappa shape index (κ1) is 16.9. The SMILES string of the molecule is C#CCNC(=O)c1ccccc1NC(=O)CSC(F)(F)F. The highest BCUT2D eigenvalue weighted by Gasteiger charge is 2.29. The van der Waals surface area contributed by atoms with Crippen molar-refractivity contribution >= 4 is 29.3 Å². The highest BCUT2D eigenvalue weighted by molar-refractivity contribution is 8.00. The molecular weight excluding hydrogens is 305 g/mol. The van der Waals surface area contributed by atoms with Crippen molar-refractivity contribution in [2.24, 2.45) is 0 Å². The Morgan fingerprint density at radius 3 is 2.57 bits per heavy atom. The van der Waals surface area contributed by atoms with Crippen LogP contribution in [-0.2, 0) is 4.79 Å². The summed E-state index contributed by atoms with van der Waals surface area (Å²) in [6.45, 7) is 0.00500. The molecule has 0 radical (unpaired) electrons. The van der Waals surface area contributed by atoms with E-state index >= 15 is 0 Å².